The van der Waals surface area contributed by atoms with E-state index in [-0.39, 0.29) is 13.1 Å². The molecule has 6 heteroatoms. The van der Waals surface area contributed by atoms with Gasteiger partial charge in [-0.15, -0.1) is 0 Å². The monoisotopic (exact) mass is 252 g/mol. The molecule has 1 fully saturated rings. The van der Waals surface area contributed by atoms with Crippen LogP contribution in [0.15, 0.2) is 18.2 Å². The van der Waals surface area contributed by atoms with Crippen LogP contribution in [0.1, 0.15) is 10.4 Å². The number of imide groups is 1. The highest BCUT2D eigenvalue weighted by Gasteiger charge is 2.25. The van der Waals surface area contributed by atoms with E-state index < -0.39 is 11.8 Å². The molecule has 1 aromatic carbocycles. The minimum atomic E-state index is -0.405. The van der Waals surface area contributed by atoms with Crippen LogP contribution in [0.4, 0.5) is 5.69 Å². The number of piperazine rings is 1. The molecule has 0 spiro atoms. The Labute approximate surface area is 102 Å². The lowest BCUT2D eigenvalue weighted by atomic mass is 10.1. The Balaban J connectivity index is 2.42. The average molecular weight is 253 g/mol. The number of amides is 2. The first-order chi connectivity index (χ1) is 8.11. The second kappa shape index (κ2) is 4.55. The third kappa shape index (κ3) is 2.29. The lowest BCUT2D eigenvalue weighted by Crippen LogP contribution is -2.51. The van der Waals surface area contributed by atoms with E-state index in [2.05, 4.69) is 5.32 Å². The number of hydrogen-bond donors (Lipinski definition) is 1. The van der Waals surface area contributed by atoms with E-state index in [1.54, 1.807) is 18.2 Å². The molecular formula is C11H9ClN2O3. The van der Waals surface area contributed by atoms with Gasteiger partial charge in [0.2, 0.25) is 11.8 Å². The molecule has 0 radical (unpaired) electrons. The molecule has 0 aliphatic carbocycles. The number of benzene rings is 1. The first-order valence-electron chi connectivity index (χ1n) is 4.93. The highest BCUT2D eigenvalue weighted by Crippen LogP contribution is 2.29. The fraction of sp³-hybridized carbons (Fsp3) is 0.182. The van der Waals surface area contributed by atoms with Gasteiger partial charge in [0.05, 0.1) is 23.8 Å². The minimum absolute atomic E-state index is 0.0102. The molecule has 1 aliphatic heterocycles. The molecule has 0 saturated carbocycles. The summed E-state index contributed by atoms with van der Waals surface area (Å²) in [5.41, 5.74) is 0.785. The van der Waals surface area contributed by atoms with Crippen molar-refractivity contribution >= 4 is 35.4 Å². The second-order valence-electron chi connectivity index (χ2n) is 3.62. The van der Waals surface area contributed by atoms with Crippen LogP contribution in [-0.2, 0) is 9.59 Å². The quantitative estimate of drug-likeness (QED) is 0.619. The van der Waals surface area contributed by atoms with Crippen molar-refractivity contribution in [3.05, 3.63) is 28.8 Å². The van der Waals surface area contributed by atoms with Crippen LogP contribution in [0, 0.1) is 0 Å². The Morgan fingerprint density at radius 3 is 2.47 bits per heavy atom. The van der Waals surface area contributed by atoms with Crippen molar-refractivity contribution in [3.63, 3.8) is 0 Å². The molecule has 1 heterocycles. The van der Waals surface area contributed by atoms with Crippen molar-refractivity contribution in [2.24, 2.45) is 0 Å². The molecule has 2 rings (SSSR count). The lowest BCUT2D eigenvalue weighted by molar-refractivity contribution is -0.130. The van der Waals surface area contributed by atoms with E-state index in [0.29, 0.717) is 22.6 Å². The summed E-state index contributed by atoms with van der Waals surface area (Å²) >= 11 is 5.99. The van der Waals surface area contributed by atoms with Gasteiger partial charge in [-0.05, 0) is 12.1 Å². The Hall–Kier alpha value is -1.88. The third-order valence-electron chi connectivity index (χ3n) is 2.41. The zero-order valence-electron chi connectivity index (χ0n) is 8.77. The van der Waals surface area contributed by atoms with E-state index >= 15 is 0 Å². The molecule has 17 heavy (non-hydrogen) atoms. The molecule has 1 aromatic rings. The van der Waals surface area contributed by atoms with Gasteiger partial charge in [-0.25, -0.2) is 0 Å². The van der Waals surface area contributed by atoms with Crippen LogP contribution in [0.3, 0.4) is 0 Å². The van der Waals surface area contributed by atoms with E-state index in [4.69, 9.17) is 11.6 Å². The van der Waals surface area contributed by atoms with Gasteiger partial charge in [0.25, 0.3) is 0 Å². The zero-order valence-corrected chi connectivity index (χ0v) is 9.53. The topological polar surface area (TPSA) is 66.5 Å². The summed E-state index contributed by atoms with van der Waals surface area (Å²) in [6, 6.07) is 4.84. The molecule has 0 atom stereocenters. The van der Waals surface area contributed by atoms with Crippen LogP contribution >= 0.6 is 11.6 Å². The normalized spacial score (nSPS) is 15.7. The first kappa shape index (κ1) is 11.6. The molecule has 2 amide bonds. The van der Waals surface area contributed by atoms with Gasteiger partial charge in [0.15, 0.2) is 6.29 Å². The van der Waals surface area contributed by atoms with Crippen LogP contribution < -0.4 is 10.2 Å². The molecule has 0 aromatic heterocycles. The summed E-state index contributed by atoms with van der Waals surface area (Å²) in [5.74, 6) is -0.809. The molecule has 1 aliphatic rings. The predicted octanol–water partition coefficient (Wildman–Crippen LogP) is 0.615. The summed E-state index contributed by atoms with van der Waals surface area (Å²) < 4.78 is 0. The zero-order chi connectivity index (χ0) is 12.4. The van der Waals surface area contributed by atoms with E-state index in [9.17, 15) is 14.4 Å². The highest BCUT2D eigenvalue weighted by molar-refractivity contribution is 6.34. The van der Waals surface area contributed by atoms with Crippen LogP contribution in [-0.4, -0.2) is 31.2 Å². The number of hydrogen-bond acceptors (Lipinski definition) is 4. The summed E-state index contributed by atoms with van der Waals surface area (Å²) in [6.07, 6.45) is 0.651. The predicted molar refractivity (Wildman–Crippen MR) is 62.2 cm³/mol. The van der Waals surface area contributed by atoms with Gasteiger partial charge in [-0.1, -0.05) is 17.7 Å². The number of rotatable bonds is 2. The largest absolute Gasteiger partial charge is 0.351 e. The standard InChI is InChI=1S/C11H9ClN2O3/c12-8-3-1-2-7(6-15)11(8)14-4-9(16)13-10(17)5-14/h1-3,6H,4-5H2,(H,13,16,17). The van der Waals surface area contributed by atoms with Crippen molar-refractivity contribution in [2.75, 3.05) is 18.0 Å². The number of nitrogens with zero attached hydrogens (tertiary/aromatic N) is 1. The maximum atomic E-state index is 11.3. The Bertz CT molecular complexity index is 485. The number of nitrogens with one attached hydrogen (secondary N) is 1. The van der Waals surface area contributed by atoms with Crippen molar-refractivity contribution in [3.8, 4) is 0 Å². The summed E-state index contributed by atoms with van der Waals surface area (Å²) in [5, 5.41) is 2.53. The number of anilines is 1. The van der Waals surface area contributed by atoms with Crippen LogP contribution in [0.2, 0.25) is 5.02 Å². The number of carbonyl (C=O) groups excluding carboxylic acids is 3. The summed E-state index contributed by atoms with van der Waals surface area (Å²) in [7, 11) is 0. The molecular weight excluding hydrogens is 244 g/mol. The van der Waals surface area contributed by atoms with E-state index in [1.807, 2.05) is 0 Å². The highest BCUT2D eigenvalue weighted by atomic mass is 35.5. The number of halogens is 1. The number of carbonyl (C=O) groups is 3. The minimum Gasteiger partial charge on any atom is -0.351 e. The Morgan fingerprint density at radius 2 is 1.88 bits per heavy atom. The number of aldehydes is 1. The van der Waals surface area contributed by atoms with Gasteiger partial charge < -0.3 is 4.90 Å². The van der Waals surface area contributed by atoms with Gasteiger partial charge in [0, 0.05) is 5.56 Å². The Kier molecular flexibility index (Phi) is 3.10. The average Bonchev–Trinajstić information content (AvgIpc) is 2.27. The molecule has 1 N–H and O–H groups in total. The van der Waals surface area contributed by atoms with Crippen molar-refractivity contribution in [1.82, 2.24) is 5.32 Å². The second-order valence-corrected chi connectivity index (χ2v) is 4.03. The molecule has 5 nitrogen and oxygen atoms in total. The van der Waals surface area contributed by atoms with Crippen molar-refractivity contribution < 1.29 is 14.4 Å². The fourth-order valence-electron chi connectivity index (χ4n) is 1.76. The van der Waals surface area contributed by atoms with E-state index in [0.717, 1.165) is 0 Å². The lowest BCUT2D eigenvalue weighted by Gasteiger charge is -2.29. The Morgan fingerprint density at radius 1 is 1.24 bits per heavy atom. The van der Waals surface area contributed by atoms with Crippen LogP contribution in [0.5, 0.6) is 0 Å². The molecule has 88 valence electrons. The summed E-state index contributed by atoms with van der Waals surface area (Å²) in [6.45, 7) is 0.0205. The summed E-state index contributed by atoms with van der Waals surface area (Å²) in [4.78, 5) is 34.9. The van der Waals surface area contributed by atoms with Gasteiger partial charge in [-0.2, -0.15) is 0 Å². The van der Waals surface area contributed by atoms with Crippen molar-refractivity contribution in [2.45, 2.75) is 0 Å². The van der Waals surface area contributed by atoms with Gasteiger partial charge >= 0.3 is 0 Å². The molecule has 0 bridgehead atoms. The number of para-hydroxylation sites is 1. The SMILES string of the molecule is O=Cc1cccc(Cl)c1N1CC(=O)NC(=O)C1. The third-order valence-corrected chi connectivity index (χ3v) is 2.71. The van der Waals surface area contributed by atoms with Crippen molar-refractivity contribution in [1.29, 1.82) is 0 Å². The van der Waals surface area contributed by atoms with Gasteiger partial charge in [-0.3, -0.25) is 19.7 Å². The maximum Gasteiger partial charge on any atom is 0.246 e. The first-order valence-corrected chi connectivity index (χ1v) is 5.31. The fourth-order valence-corrected chi connectivity index (χ4v) is 2.06. The molecule has 1 saturated heterocycles. The maximum absolute atomic E-state index is 11.3. The molecule has 0 unspecified atom stereocenters. The van der Waals surface area contributed by atoms with Gasteiger partial charge in [0.1, 0.15) is 0 Å². The van der Waals surface area contributed by atoms with E-state index in [1.165, 1.54) is 4.90 Å². The van der Waals surface area contributed by atoms with Crippen LogP contribution in [0.25, 0.3) is 0 Å². The smallest absolute Gasteiger partial charge is 0.246 e.